The van der Waals surface area contributed by atoms with Crippen LogP contribution >= 0.6 is 58.8 Å². The summed E-state index contributed by atoms with van der Waals surface area (Å²) in [5.41, 5.74) is 1.56. The van der Waals surface area contributed by atoms with Gasteiger partial charge in [-0.1, -0.05) is 46.9 Å². The lowest BCUT2D eigenvalue weighted by Gasteiger charge is -2.14. The molecule has 0 heterocycles. The van der Waals surface area contributed by atoms with Crippen molar-refractivity contribution in [2.75, 3.05) is 27.2 Å². The van der Waals surface area contributed by atoms with Crippen LogP contribution < -0.4 is 20.7 Å². The van der Waals surface area contributed by atoms with E-state index in [1.54, 1.807) is 32.3 Å². The summed E-state index contributed by atoms with van der Waals surface area (Å²) in [4.78, 5) is 15.9. The number of hydrogen-bond donors (Lipinski definition) is 3. The van der Waals surface area contributed by atoms with Crippen molar-refractivity contribution in [1.82, 2.24) is 16.0 Å². The Morgan fingerprint density at radius 3 is 2.41 bits per heavy atom. The zero-order valence-corrected chi connectivity index (χ0v) is 20.5. The Hall–Kier alpha value is -1.42. The summed E-state index contributed by atoms with van der Waals surface area (Å²) in [6.45, 7) is 1.32. The van der Waals surface area contributed by atoms with E-state index < -0.39 is 0 Å². The summed E-state index contributed by atoms with van der Waals surface area (Å²) in [5, 5.41) is 10.1. The average molecular weight is 572 g/mol. The van der Waals surface area contributed by atoms with Crippen LogP contribution in [0.4, 0.5) is 0 Å². The lowest BCUT2D eigenvalue weighted by Crippen LogP contribution is -2.38. The minimum atomic E-state index is -0.124. The molecule has 0 aliphatic carbocycles. The Bertz CT molecular complexity index is 842. The van der Waals surface area contributed by atoms with E-state index in [2.05, 4.69) is 20.9 Å². The van der Waals surface area contributed by atoms with E-state index in [4.69, 9.17) is 39.5 Å². The maximum atomic E-state index is 11.7. The lowest BCUT2D eigenvalue weighted by molar-refractivity contribution is 0.0963. The van der Waals surface area contributed by atoms with Crippen molar-refractivity contribution in [3.05, 3.63) is 62.6 Å². The van der Waals surface area contributed by atoms with Gasteiger partial charge >= 0.3 is 0 Å². The molecule has 0 aliphatic rings. The zero-order chi connectivity index (χ0) is 20.5. The van der Waals surface area contributed by atoms with Gasteiger partial charge in [0.15, 0.2) is 11.7 Å². The first-order valence-electron chi connectivity index (χ1n) is 8.47. The fourth-order valence-electron chi connectivity index (χ4n) is 2.36. The van der Waals surface area contributed by atoms with Crippen molar-refractivity contribution in [3.63, 3.8) is 0 Å². The quantitative estimate of drug-likeness (QED) is 0.200. The number of nitrogens with one attached hydrogen (secondary N) is 3. The van der Waals surface area contributed by atoms with Crippen molar-refractivity contribution < 1.29 is 9.53 Å². The summed E-state index contributed by atoms with van der Waals surface area (Å²) in [6, 6.07) is 10.5. The van der Waals surface area contributed by atoms with Crippen LogP contribution in [0.3, 0.4) is 0 Å². The highest BCUT2D eigenvalue weighted by Crippen LogP contribution is 2.35. The third kappa shape index (κ3) is 8.08. The molecule has 0 saturated heterocycles. The molecule has 2 aromatic rings. The molecule has 2 aromatic carbocycles. The van der Waals surface area contributed by atoms with Crippen LogP contribution in [-0.4, -0.2) is 39.1 Å². The minimum absolute atomic E-state index is 0. The van der Waals surface area contributed by atoms with Crippen LogP contribution in [0, 0.1) is 0 Å². The number of carbonyl (C=O) groups is 1. The molecule has 0 bridgehead atoms. The Labute approximate surface area is 202 Å². The van der Waals surface area contributed by atoms with E-state index >= 15 is 0 Å². The second-order valence-corrected chi connectivity index (χ2v) is 6.93. The van der Waals surface area contributed by atoms with Gasteiger partial charge in [0.25, 0.3) is 5.91 Å². The van der Waals surface area contributed by atoms with Gasteiger partial charge in [-0.3, -0.25) is 9.79 Å². The van der Waals surface area contributed by atoms with Crippen molar-refractivity contribution in [2.24, 2.45) is 4.99 Å². The van der Waals surface area contributed by atoms with E-state index in [-0.39, 0.29) is 29.9 Å². The number of amides is 1. The molecule has 0 unspecified atom stereocenters. The zero-order valence-electron chi connectivity index (χ0n) is 15.9. The molecule has 0 aromatic heterocycles. The molecule has 1 amide bonds. The molecule has 29 heavy (non-hydrogen) atoms. The van der Waals surface area contributed by atoms with Gasteiger partial charge in [-0.25, -0.2) is 0 Å². The minimum Gasteiger partial charge on any atom is -0.489 e. The molecule has 6 nitrogen and oxygen atoms in total. The Morgan fingerprint density at radius 2 is 1.79 bits per heavy atom. The third-order valence-electron chi connectivity index (χ3n) is 3.70. The van der Waals surface area contributed by atoms with Gasteiger partial charge in [-0.15, -0.1) is 24.0 Å². The van der Waals surface area contributed by atoms with Crippen molar-refractivity contribution in [1.29, 1.82) is 0 Å². The number of halogens is 4. The number of nitrogens with zero attached hydrogens (tertiary/aromatic N) is 1. The maximum Gasteiger partial charge on any atom is 0.251 e. The van der Waals surface area contributed by atoms with Crippen LogP contribution in [0.1, 0.15) is 15.9 Å². The highest BCUT2D eigenvalue weighted by atomic mass is 127. The van der Waals surface area contributed by atoms with Crippen molar-refractivity contribution >= 4 is 70.6 Å². The number of guanidine groups is 1. The predicted octanol–water partition coefficient (Wildman–Crippen LogP) is 4.37. The topological polar surface area (TPSA) is 74.8 Å². The van der Waals surface area contributed by atoms with Crippen LogP contribution in [-0.2, 0) is 6.54 Å². The molecular formula is C19H22Cl3IN4O2. The third-order valence-corrected chi connectivity index (χ3v) is 4.48. The van der Waals surface area contributed by atoms with Crippen molar-refractivity contribution in [3.8, 4) is 5.75 Å². The summed E-state index contributed by atoms with van der Waals surface area (Å²) in [6.07, 6.45) is 0. The number of benzene rings is 2. The number of ether oxygens (including phenoxy) is 1. The van der Waals surface area contributed by atoms with Crippen LogP contribution in [0.15, 0.2) is 41.4 Å². The smallest absolute Gasteiger partial charge is 0.251 e. The Kier molecular flexibility index (Phi) is 11.5. The number of hydrogen-bond acceptors (Lipinski definition) is 3. The van der Waals surface area contributed by atoms with Gasteiger partial charge in [0.1, 0.15) is 6.61 Å². The van der Waals surface area contributed by atoms with Crippen LogP contribution in [0.5, 0.6) is 5.75 Å². The fraction of sp³-hybridized carbons (Fsp3) is 0.263. The van der Waals surface area contributed by atoms with E-state index in [9.17, 15) is 4.79 Å². The monoisotopic (exact) mass is 570 g/mol. The number of carbonyl (C=O) groups excluding carboxylic acids is 1. The molecule has 0 aliphatic heterocycles. The van der Waals surface area contributed by atoms with Gasteiger partial charge in [-0.05, 0) is 29.8 Å². The molecule has 0 spiro atoms. The van der Waals surface area contributed by atoms with E-state index in [0.29, 0.717) is 52.0 Å². The first kappa shape index (κ1) is 25.6. The SMILES string of the molecule is CN=C(NCCOc1c(Cl)cc(Cl)cc1Cl)NCc1cccc(C(=O)NC)c1.I. The standard InChI is InChI=1S/C19H21Cl3N4O2.HI/c1-23-18(27)13-5-3-4-12(8-13)11-26-19(24-2)25-6-7-28-17-15(21)9-14(20)10-16(17)22;/h3-5,8-10H,6-7,11H2,1-2H3,(H,23,27)(H2,24,25,26);1H. The van der Waals surface area contributed by atoms with E-state index in [0.717, 1.165) is 5.56 Å². The highest BCUT2D eigenvalue weighted by Gasteiger charge is 2.09. The van der Waals surface area contributed by atoms with Crippen molar-refractivity contribution in [2.45, 2.75) is 6.54 Å². The summed E-state index contributed by atoms with van der Waals surface area (Å²) in [7, 11) is 3.27. The summed E-state index contributed by atoms with van der Waals surface area (Å²) >= 11 is 18.1. The molecule has 0 saturated carbocycles. The fourth-order valence-corrected chi connectivity index (χ4v) is 3.29. The Morgan fingerprint density at radius 1 is 1.10 bits per heavy atom. The predicted molar refractivity (Wildman–Crippen MR) is 130 cm³/mol. The molecule has 3 N–H and O–H groups in total. The molecular weight excluding hydrogens is 549 g/mol. The Balaban J connectivity index is 0.00000420. The van der Waals surface area contributed by atoms with Crippen LogP contribution in [0.25, 0.3) is 0 Å². The molecule has 0 radical (unpaired) electrons. The molecule has 2 rings (SSSR count). The first-order chi connectivity index (χ1) is 13.4. The maximum absolute atomic E-state index is 11.7. The molecule has 0 fully saturated rings. The molecule has 10 heteroatoms. The van der Waals surface area contributed by atoms with Gasteiger partial charge in [0, 0.05) is 31.2 Å². The second kappa shape index (κ2) is 13.0. The summed E-state index contributed by atoms with van der Waals surface area (Å²) in [5.74, 6) is 0.867. The van der Waals surface area contributed by atoms with Crippen LogP contribution in [0.2, 0.25) is 15.1 Å². The first-order valence-corrected chi connectivity index (χ1v) is 9.61. The van der Waals surface area contributed by atoms with Gasteiger partial charge in [0.2, 0.25) is 0 Å². The molecule has 0 atom stereocenters. The lowest BCUT2D eigenvalue weighted by atomic mass is 10.1. The highest BCUT2D eigenvalue weighted by molar-refractivity contribution is 14.0. The normalized spacial score (nSPS) is 10.7. The van der Waals surface area contributed by atoms with E-state index in [1.807, 2.05) is 18.2 Å². The van der Waals surface area contributed by atoms with Gasteiger partial charge in [0.05, 0.1) is 16.6 Å². The van der Waals surface area contributed by atoms with Gasteiger partial charge in [-0.2, -0.15) is 0 Å². The average Bonchev–Trinajstić information content (AvgIpc) is 2.68. The number of rotatable bonds is 7. The molecule has 158 valence electrons. The van der Waals surface area contributed by atoms with Gasteiger partial charge < -0.3 is 20.7 Å². The largest absolute Gasteiger partial charge is 0.489 e. The van der Waals surface area contributed by atoms with E-state index in [1.165, 1.54) is 0 Å². The summed E-state index contributed by atoms with van der Waals surface area (Å²) < 4.78 is 5.62. The number of aliphatic imine (C=N–C) groups is 1. The second-order valence-electron chi connectivity index (χ2n) is 5.68.